The quantitative estimate of drug-likeness (QED) is 0.922. The largest absolute Gasteiger partial charge is 0.435 e. The number of halogens is 2. The van der Waals surface area contributed by atoms with Crippen molar-refractivity contribution in [3.05, 3.63) is 29.8 Å². The Morgan fingerprint density at radius 3 is 2.85 bits per heavy atom. The lowest BCUT2D eigenvalue weighted by Crippen LogP contribution is -2.30. The van der Waals surface area contributed by atoms with Crippen LogP contribution in [0.5, 0.6) is 5.75 Å². The molecule has 0 aromatic heterocycles. The molecule has 110 valence electrons. The van der Waals surface area contributed by atoms with Crippen LogP contribution >= 0.6 is 0 Å². The Hall–Kier alpha value is -1.69. The molecule has 0 aliphatic carbocycles. The molecular formula is C14H17F2NO3. The topological polar surface area (TPSA) is 49.8 Å². The van der Waals surface area contributed by atoms with E-state index in [-0.39, 0.29) is 17.6 Å². The third-order valence-corrected chi connectivity index (χ3v) is 3.50. The van der Waals surface area contributed by atoms with Crippen LogP contribution in [0.3, 0.4) is 0 Å². The summed E-state index contributed by atoms with van der Waals surface area (Å²) in [5.74, 6) is -0.190. The number of nitrogens with zero attached hydrogens (tertiary/aromatic N) is 1. The smallest absolute Gasteiger partial charge is 0.387 e. The van der Waals surface area contributed by atoms with Crippen LogP contribution in [0.25, 0.3) is 0 Å². The molecule has 6 heteroatoms. The summed E-state index contributed by atoms with van der Waals surface area (Å²) >= 11 is 0. The minimum atomic E-state index is -2.91. The van der Waals surface area contributed by atoms with Gasteiger partial charge < -0.3 is 14.7 Å². The molecular weight excluding hydrogens is 268 g/mol. The van der Waals surface area contributed by atoms with Crippen molar-refractivity contribution >= 4 is 5.91 Å². The third kappa shape index (κ3) is 3.45. The van der Waals surface area contributed by atoms with Crippen molar-refractivity contribution in [1.29, 1.82) is 0 Å². The lowest BCUT2D eigenvalue weighted by Gasteiger charge is -2.18. The Bertz CT molecular complexity index is 479. The molecule has 1 amide bonds. The van der Waals surface area contributed by atoms with Crippen LogP contribution in [0.1, 0.15) is 23.7 Å². The van der Waals surface area contributed by atoms with E-state index >= 15 is 0 Å². The molecule has 0 bridgehead atoms. The Kier molecular flexibility index (Phi) is 4.54. The van der Waals surface area contributed by atoms with Gasteiger partial charge in [-0.25, -0.2) is 0 Å². The van der Waals surface area contributed by atoms with E-state index < -0.39 is 12.7 Å². The first kappa shape index (κ1) is 14.7. The van der Waals surface area contributed by atoms with Crippen LogP contribution in [-0.4, -0.2) is 41.7 Å². The number of aliphatic hydroxyl groups is 1. The van der Waals surface area contributed by atoms with Crippen molar-refractivity contribution in [3.63, 3.8) is 0 Å². The number of rotatable bonds is 4. The number of hydrogen-bond acceptors (Lipinski definition) is 3. The Labute approximate surface area is 116 Å². The number of carbonyl (C=O) groups is 1. The van der Waals surface area contributed by atoms with Gasteiger partial charge in [0.2, 0.25) is 0 Å². The highest BCUT2D eigenvalue weighted by molar-refractivity contribution is 5.94. The molecule has 1 saturated heterocycles. The lowest BCUT2D eigenvalue weighted by molar-refractivity contribution is -0.0499. The molecule has 20 heavy (non-hydrogen) atoms. The zero-order chi connectivity index (χ0) is 14.7. The molecule has 2 rings (SSSR count). The summed E-state index contributed by atoms with van der Waals surface area (Å²) in [6, 6.07) is 5.76. The predicted octanol–water partition coefficient (Wildman–Crippen LogP) is 2.13. The first-order valence-electron chi connectivity index (χ1n) is 6.49. The van der Waals surface area contributed by atoms with Gasteiger partial charge in [-0.2, -0.15) is 8.78 Å². The van der Waals surface area contributed by atoms with E-state index in [2.05, 4.69) is 4.74 Å². The number of likely N-dealkylation sites (tertiary alicyclic amines) is 1. The number of benzene rings is 1. The van der Waals surface area contributed by atoms with Gasteiger partial charge in [-0.1, -0.05) is 6.07 Å². The van der Waals surface area contributed by atoms with E-state index in [1.165, 1.54) is 18.2 Å². The molecule has 1 fully saturated rings. The van der Waals surface area contributed by atoms with Gasteiger partial charge in [0.05, 0.1) is 6.10 Å². The van der Waals surface area contributed by atoms with Crippen molar-refractivity contribution in [2.75, 3.05) is 13.1 Å². The predicted molar refractivity (Wildman–Crippen MR) is 68.8 cm³/mol. The summed E-state index contributed by atoms with van der Waals surface area (Å²) in [6.45, 7) is -0.160. The second-order valence-corrected chi connectivity index (χ2v) is 4.95. The van der Waals surface area contributed by atoms with Crippen LogP contribution in [-0.2, 0) is 0 Å². The van der Waals surface area contributed by atoms with E-state index in [1.54, 1.807) is 17.9 Å². The average Bonchev–Trinajstić information content (AvgIpc) is 2.87. The maximum Gasteiger partial charge on any atom is 0.387 e. The van der Waals surface area contributed by atoms with Crippen LogP contribution in [0.15, 0.2) is 24.3 Å². The molecule has 2 unspecified atom stereocenters. The number of hydrogen-bond donors (Lipinski definition) is 1. The van der Waals surface area contributed by atoms with Crippen LogP contribution in [0, 0.1) is 5.92 Å². The minimum Gasteiger partial charge on any atom is -0.435 e. The number of ether oxygens (including phenoxy) is 1. The van der Waals surface area contributed by atoms with Gasteiger partial charge in [-0.15, -0.1) is 0 Å². The van der Waals surface area contributed by atoms with Crippen LogP contribution < -0.4 is 4.74 Å². The van der Waals surface area contributed by atoms with Gasteiger partial charge in [0.25, 0.3) is 5.91 Å². The van der Waals surface area contributed by atoms with E-state index in [0.717, 1.165) is 6.42 Å². The number of carbonyl (C=O) groups excluding carboxylic acids is 1. The summed E-state index contributed by atoms with van der Waals surface area (Å²) in [5.41, 5.74) is 0.314. The van der Waals surface area contributed by atoms with Gasteiger partial charge in [0.15, 0.2) is 0 Å². The highest BCUT2D eigenvalue weighted by Gasteiger charge is 2.29. The van der Waals surface area contributed by atoms with Crippen molar-refractivity contribution in [2.45, 2.75) is 26.1 Å². The molecule has 0 spiro atoms. The average molecular weight is 285 g/mol. The van der Waals surface area contributed by atoms with E-state index in [0.29, 0.717) is 18.7 Å². The van der Waals surface area contributed by atoms with E-state index in [9.17, 15) is 18.7 Å². The van der Waals surface area contributed by atoms with E-state index in [1.807, 2.05) is 0 Å². The molecule has 1 aliphatic heterocycles. The van der Waals surface area contributed by atoms with Gasteiger partial charge >= 0.3 is 6.61 Å². The normalized spacial score (nSPS) is 20.2. The molecule has 0 radical (unpaired) electrons. The maximum absolute atomic E-state index is 12.3. The first-order chi connectivity index (χ1) is 9.47. The lowest BCUT2D eigenvalue weighted by atomic mass is 10.0. The summed E-state index contributed by atoms with van der Waals surface area (Å²) in [4.78, 5) is 13.9. The second kappa shape index (κ2) is 6.17. The first-order valence-corrected chi connectivity index (χ1v) is 6.49. The van der Waals surface area contributed by atoms with Gasteiger partial charge in [0.1, 0.15) is 5.75 Å². The molecule has 4 nitrogen and oxygen atoms in total. The molecule has 1 heterocycles. The van der Waals surface area contributed by atoms with Crippen molar-refractivity contribution in [2.24, 2.45) is 5.92 Å². The summed E-state index contributed by atoms with van der Waals surface area (Å²) in [6.07, 6.45) is 0.290. The molecule has 2 atom stereocenters. The van der Waals surface area contributed by atoms with Crippen molar-refractivity contribution < 1.29 is 23.4 Å². The zero-order valence-electron chi connectivity index (χ0n) is 11.1. The van der Waals surface area contributed by atoms with E-state index in [4.69, 9.17) is 0 Å². The molecule has 0 saturated carbocycles. The third-order valence-electron chi connectivity index (χ3n) is 3.50. The van der Waals surface area contributed by atoms with Crippen molar-refractivity contribution in [3.8, 4) is 5.75 Å². The Morgan fingerprint density at radius 2 is 2.25 bits per heavy atom. The molecule has 1 aliphatic rings. The number of aliphatic hydroxyl groups excluding tert-OH is 1. The monoisotopic (exact) mass is 285 g/mol. The maximum atomic E-state index is 12.3. The summed E-state index contributed by atoms with van der Waals surface area (Å²) < 4.78 is 28.6. The fraction of sp³-hybridized carbons (Fsp3) is 0.500. The second-order valence-electron chi connectivity index (χ2n) is 4.95. The molecule has 1 N–H and O–H groups in total. The van der Waals surface area contributed by atoms with Gasteiger partial charge in [0, 0.05) is 24.6 Å². The van der Waals surface area contributed by atoms with Crippen LogP contribution in [0.2, 0.25) is 0 Å². The van der Waals surface area contributed by atoms with Gasteiger partial charge in [-0.05, 0) is 31.5 Å². The van der Waals surface area contributed by atoms with Gasteiger partial charge in [-0.3, -0.25) is 4.79 Å². The standard InChI is InChI=1S/C14H17F2NO3/c1-9(18)11-5-6-17(8-11)13(19)10-3-2-4-12(7-10)20-14(15)16/h2-4,7,9,11,14,18H,5-6,8H2,1H3. The minimum absolute atomic E-state index is 0.0304. The Balaban J connectivity index is 2.06. The molecule has 1 aromatic rings. The zero-order valence-corrected chi connectivity index (χ0v) is 11.1. The van der Waals surface area contributed by atoms with Crippen LogP contribution in [0.4, 0.5) is 8.78 Å². The molecule has 1 aromatic carbocycles. The fourth-order valence-corrected chi connectivity index (χ4v) is 2.35. The number of alkyl halides is 2. The fourth-order valence-electron chi connectivity index (χ4n) is 2.35. The Morgan fingerprint density at radius 1 is 1.50 bits per heavy atom. The highest BCUT2D eigenvalue weighted by Crippen LogP contribution is 2.23. The number of amides is 1. The SMILES string of the molecule is CC(O)C1CCN(C(=O)c2cccc(OC(F)F)c2)C1. The summed E-state index contributed by atoms with van der Waals surface area (Å²) in [5, 5.41) is 9.52. The van der Waals surface area contributed by atoms with Crippen molar-refractivity contribution in [1.82, 2.24) is 4.90 Å². The highest BCUT2D eigenvalue weighted by atomic mass is 19.3. The summed E-state index contributed by atoms with van der Waals surface area (Å²) in [7, 11) is 0.